The van der Waals surface area contributed by atoms with Gasteiger partial charge in [0.25, 0.3) is 0 Å². The van der Waals surface area contributed by atoms with E-state index in [2.05, 4.69) is 127 Å². The predicted octanol–water partition coefficient (Wildman–Crippen LogP) is 13.4. The van der Waals surface area contributed by atoms with Crippen LogP contribution in [0.4, 0.5) is 0 Å². The van der Waals surface area contributed by atoms with E-state index in [1.807, 2.05) is 54.6 Å². The average Bonchev–Trinajstić information content (AvgIpc) is 3.25. The highest BCUT2D eigenvalue weighted by molar-refractivity contribution is 6.37. The van der Waals surface area contributed by atoms with E-state index in [0.29, 0.717) is 11.4 Å². The van der Waals surface area contributed by atoms with Crippen LogP contribution >= 0.6 is 0 Å². The van der Waals surface area contributed by atoms with Crippen LogP contribution in [0.5, 0.6) is 0 Å². The van der Waals surface area contributed by atoms with Gasteiger partial charge in [-0.05, 0) is 106 Å². The minimum Gasteiger partial charge on any atom is -0.228 e. The largest absolute Gasteiger partial charge is 0.228 e. The summed E-state index contributed by atoms with van der Waals surface area (Å²) >= 11 is 0. The van der Waals surface area contributed by atoms with Gasteiger partial charge in [0.2, 0.25) is 0 Å². The summed E-state index contributed by atoms with van der Waals surface area (Å²) in [5.74, 6) is 0.654. The molecule has 3 nitrogen and oxygen atoms in total. The Balaban J connectivity index is 1.23. The molecule has 54 heavy (non-hydrogen) atoms. The number of hydrogen-bond acceptors (Lipinski definition) is 3. The lowest BCUT2D eigenvalue weighted by Gasteiger charge is -2.18. The first-order valence-electron chi connectivity index (χ1n) is 18.2. The van der Waals surface area contributed by atoms with Crippen LogP contribution in [0.1, 0.15) is 5.56 Å². The maximum atomic E-state index is 9.46. The molecule has 0 spiro atoms. The Bertz CT molecular complexity index is 3310. The number of benzene rings is 9. The normalized spacial score (nSPS) is 11.7. The van der Waals surface area contributed by atoms with Crippen LogP contribution in [-0.2, 0) is 0 Å². The number of hydrogen-bond donors (Lipinski definition) is 0. The van der Waals surface area contributed by atoms with E-state index < -0.39 is 0 Å². The molecular formula is C51H29N3. The van der Waals surface area contributed by atoms with Crippen LogP contribution in [0.2, 0.25) is 0 Å². The summed E-state index contributed by atoms with van der Waals surface area (Å²) in [6.45, 7) is 0. The van der Waals surface area contributed by atoms with Crippen molar-refractivity contribution < 1.29 is 0 Å². The molecule has 11 aromatic rings. The highest BCUT2D eigenvalue weighted by Gasteiger charge is 2.19. The Kier molecular flexibility index (Phi) is 6.62. The summed E-state index contributed by atoms with van der Waals surface area (Å²) in [6, 6.07) is 64.6. The molecule has 0 radical (unpaired) electrons. The highest BCUT2D eigenvalue weighted by Crippen LogP contribution is 2.45. The molecule has 0 unspecified atom stereocenters. The SMILES string of the molecule is N#Cc1ccc(-c2cc(-c3ccccc3-c3cc4ccc5cccc6c7cccc8ccc9cccc(c(c3)c4c56)c9c87)nc(-c3ccccc3)n2)cc1. The van der Waals surface area contributed by atoms with Crippen LogP contribution < -0.4 is 0 Å². The Morgan fingerprint density at radius 1 is 0.352 bits per heavy atom. The van der Waals surface area contributed by atoms with Gasteiger partial charge in [0.05, 0.1) is 23.0 Å². The molecule has 1 heterocycles. The van der Waals surface area contributed by atoms with E-state index in [1.165, 1.54) is 64.6 Å². The zero-order valence-corrected chi connectivity index (χ0v) is 29.1. The average molecular weight is 684 g/mol. The summed E-state index contributed by atoms with van der Waals surface area (Å²) in [4.78, 5) is 10.3. The van der Waals surface area contributed by atoms with E-state index >= 15 is 0 Å². The Morgan fingerprint density at radius 2 is 0.889 bits per heavy atom. The van der Waals surface area contributed by atoms with Gasteiger partial charge in [-0.2, -0.15) is 5.26 Å². The molecule has 0 aliphatic heterocycles. The quantitative estimate of drug-likeness (QED) is 0.174. The fraction of sp³-hybridized carbons (Fsp3) is 0. The van der Waals surface area contributed by atoms with Crippen LogP contribution in [0.3, 0.4) is 0 Å². The molecule has 0 aliphatic rings. The smallest absolute Gasteiger partial charge is 0.160 e. The third-order valence-electron chi connectivity index (χ3n) is 11.0. The molecule has 11 rings (SSSR count). The lowest BCUT2D eigenvalue weighted by Crippen LogP contribution is -1.97. The van der Waals surface area contributed by atoms with E-state index in [4.69, 9.17) is 9.97 Å². The van der Waals surface area contributed by atoms with Gasteiger partial charge in [-0.25, -0.2) is 9.97 Å². The molecule has 0 saturated carbocycles. The molecule has 248 valence electrons. The van der Waals surface area contributed by atoms with Gasteiger partial charge in [0.1, 0.15) is 0 Å². The van der Waals surface area contributed by atoms with Crippen molar-refractivity contribution in [1.82, 2.24) is 9.97 Å². The third-order valence-corrected chi connectivity index (χ3v) is 11.0. The Hall–Kier alpha value is -7.41. The fourth-order valence-corrected chi connectivity index (χ4v) is 8.56. The van der Waals surface area contributed by atoms with Gasteiger partial charge in [-0.3, -0.25) is 0 Å². The molecule has 0 fully saturated rings. The molecular weight excluding hydrogens is 655 g/mol. The lowest BCUT2D eigenvalue weighted by molar-refractivity contribution is 1.18. The molecule has 0 N–H and O–H groups in total. The van der Waals surface area contributed by atoms with Gasteiger partial charge >= 0.3 is 0 Å². The van der Waals surface area contributed by atoms with Crippen molar-refractivity contribution in [2.45, 2.75) is 0 Å². The number of aromatic nitrogens is 2. The minimum atomic E-state index is 0.615. The van der Waals surface area contributed by atoms with E-state index in [-0.39, 0.29) is 0 Å². The topological polar surface area (TPSA) is 49.6 Å². The molecule has 1 aromatic heterocycles. The Morgan fingerprint density at radius 3 is 1.52 bits per heavy atom. The summed E-state index contributed by atoms with van der Waals surface area (Å²) in [6.07, 6.45) is 0. The first-order chi connectivity index (χ1) is 26.7. The van der Waals surface area contributed by atoms with Crippen LogP contribution in [0.15, 0.2) is 176 Å². The van der Waals surface area contributed by atoms with E-state index in [1.54, 1.807) is 0 Å². The summed E-state index contributed by atoms with van der Waals surface area (Å²) in [5.41, 5.74) is 7.38. The second-order valence-corrected chi connectivity index (χ2v) is 14.0. The first-order valence-corrected chi connectivity index (χ1v) is 18.2. The maximum Gasteiger partial charge on any atom is 0.160 e. The fourth-order valence-electron chi connectivity index (χ4n) is 8.56. The van der Waals surface area contributed by atoms with Gasteiger partial charge < -0.3 is 0 Å². The van der Waals surface area contributed by atoms with Crippen LogP contribution in [-0.4, -0.2) is 9.97 Å². The van der Waals surface area contributed by atoms with Crippen molar-refractivity contribution in [2.75, 3.05) is 0 Å². The van der Waals surface area contributed by atoms with E-state index in [0.717, 1.165) is 39.2 Å². The van der Waals surface area contributed by atoms with Gasteiger partial charge in [0, 0.05) is 16.7 Å². The second kappa shape index (κ2) is 11.8. The van der Waals surface area contributed by atoms with E-state index in [9.17, 15) is 5.26 Å². The predicted molar refractivity (Wildman–Crippen MR) is 225 cm³/mol. The van der Waals surface area contributed by atoms with Gasteiger partial charge in [-0.1, -0.05) is 146 Å². The first kappa shape index (κ1) is 30.2. The van der Waals surface area contributed by atoms with Crippen molar-refractivity contribution in [2.24, 2.45) is 0 Å². The van der Waals surface area contributed by atoms with Crippen molar-refractivity contribution in [1.29, 1.82) is 5.26 Å². The molecule has 0 saturated heterocycles. The number of nitrogens with zero attached hydrogens (tertiary/aromatic N) is 3. The molecule has 0 atom stereocenters. The van der Waals surface area contributed by atoms with Gasteiger partial charge in [-0.15, -0.1) is 0 Å². The zero-order chi connectivity index (χ0) is 35.8. The summed E-state index contributed by atoms with van der Waals surface area (Å²) in [5, 5.41) is 24.6. The zero-order valence-electron chi connectivity index (χ0n) is 29.1. The van der Waals surface area contributed by atoms with Gasteiger partial charge in [0.15, 0.2) is 5.82 Å². The molecule has 0 aliphatic carbocycles. The number of fused-ring (bicyclic) bond motifs is 2. The lowest BCUT2D eigenvalue weighted by atomic mass is 9.86. The minimum absolute atomic E-state index is 0.615. The standard InChI is InChI=1S/C51H29N3/c52-30-31-19-21-32(22-20-31)45-29-46(54-51(53-45)36-9-2-1-3-10-36)40-15-5-4-14-39(40)38-27-37-26-25-35-12-7-17-42-41-16-6-11-33-23-24-34-13-8-18-43(49(34)47(33)41)44(28-38)50(37)48(35)42/h1-29H. The summed E-state index contributed by atoms with van der Waals surface area (Å²) < 4.78 is 0. The van der Waals surface area contributed by atoms with Crippen molar-refractivity contribution in [3.8, 4) is 51.1 Å². The number of nitriles is 1. The molecule has 0 amide bonds. The number of rotatable bonds is 4. The maximum absolute atomic E-state index is 9.46. The van der Waals surface area contributed by atoms with Crippen LogP contribution in [0, 0.1) is 11.3 Å². The Labute approximate surface area is 311 Å². The molecule has 3 heteroatoms. The second-order valence-electron chi connectivity index (χ2n) is 14.0. The van der Waals surface area contributed by atoms with Crippen molar-refractivity contribution in [3.63, 3.8) is 0 Å². The van der Waals surface area contributed by atoms with Crippen molar-refractivity contribution >= 4 is 64.6 Å². The molecule has 0 bridgehead atoms. The molecule has 10 aromatic carbocycles. The monoisotopic (exact) mass is 683 g/mol. The van der Waals surface area contributed by atoms with Crippen molar-refractivity contribution in [3.05, 3.63) is 181 Å². The highest BCUT2D eigenvalue weighted by atomic mass is 14.9. The van der Waals surface area contributed by atoms with Crippen LogP contribution in [0.25, 0.3) is 110 Å². The third kappa shape index (κ3) is 4.61. The summed E-state index contributed by atoms with van der Waals surface area (Å²) in [7, 11) is 0.